The molecule has 3 nitrogen and oxygen atoms in total. The molecule has 0 radical (unpaired) electrons. The van der Waals surface area contributed by atoms with Gasteiger partial charge in [0.25, 0.3) is 0 Å². The van der Waals surface area contributed by atoms with Crippen molar-refractivity contribution >= 4 is 15.9 Å². The number of nitrogens with one attached hydrogen (secondary N) is 1. The minimum absolute atomic E-state index is 0.679. The quantitative estimate of drug-likeness (QED) is 0.916. The van der Waals surface area contributed by atoms with Crippen LogP contribution in [-0.2, 0) is 13.1 Å². The molecule has 0 aliphatic rings. The minimum atomic E-state index is 0.679. The lowest BCUT2D eigenvalue weighted by Gasteiger charge is -2.10. The highest BCUT2D eigenvalue weighted by molar-refractivity contribution is 9.10. The van der Waals surface area contributed by atoms with Crippen molar-refractivity contribution in [3.63, 3.8) is 0 Å². The second-order valence-electron chi connectivity index (χ2n) is 4.37. The van der Waals surface area contributed by atoms with Crippen molar-refractivity contribution in [2.24, 2.45) is 0 Å². The van der Waals surface area contributed by atoms with Crippen LogP contribution >= 0.6 is 15.9 Å². The van der Waals surface area contributed by atoms with Crippen molar-refractivity contribution in [3.8, 4) is 5.88 Å². The molecule has 4 heteroatoms. The number of benzene rings is 1. The summed E-state index contributed by atoms with van der Waals surface area (Å²) >= 11 is 3.58. The molecule has 1 aromatic heterocycles. The molecule has 0 saturated carbocycles. The SMILES string of the molecule is COc1ncccc1CNCc1ccc(C)cc1Br. The zero-order chi connectivity index (χ0) is 13.7. The maximum absolute atomic E-state index is 5.23. The van der Waals surface area contributed by atoms with E-state index < -0.39 is 0 Å². The van der Waals surface area contributed by atoms with Crippen molar-refractivity contribution in [2.45, 2.75) is 20.0 Å². The third-order valence-electron chi connectivity index (χ3n) is 2.88. The number of hydrogen-bond acceptors (Lipinski definition) is 3. The second kappa shape index (κ2) is 6.68. The van der Waals surface area contributed by atoms with Crippen molar-refractivity contribution in [2.75, 3.05) is 7.11 Å². The van der Waals surface area contributed by atoms with Crippen molar-refractivity contribution in [1.82, 2.24) is 10.3 Å². The van der Waals surface area contributed by atoms with Crippen LogP contribution in [0.3, 0.4) is 0 Å². The number of aromatic nitrogens is 1. The van der Waals surface area contributed by atoms with E-state index in [1.54, 1.807) is 13.3 Å². The van der Waals surface area contributed by atoms with Gasteiger partial charge in [-0.3, -0.25) is 0 Å². The summed E-state index contributed by atoms with van der Waals surface area (Å²) in [6, 6.07) is 10.3. The molecule has 1 aromatic carbocycles. The lowest BCUT2D eigenvalue weighted by molar-refractivity contribution is 0.390. The summed E-state index contributed by atoms with van der Waals surface area (Å²) in [6.45, 7) is 3.62. The van der Waals surface area contributed by atoms with Crippen molar-refractivity contribution in [1.29, 1.82) is 0 Å². The van der Waals surface area contributed by atoms with Crippen LogP contribution in [0.4, 0.5) is 0 Å². The van der Waals surface area contributed by atoms with E-state index in [-0.39, 0.29) is 0 Å². The number of nitrogens with zero attached hydrogens (tertiary/aromatic N) is 1. The molecule has 19 heavy (non-hydrogen) atoms. The molecule has 1 N–H and O–H groups in total. The van der Waals surface area contributed by atoms with E-state index in [0.29, 0.717) is 5.88 Å². The highest BCUT2D eigenvalue weighted by atomic mass is 79.9. The largest absolute Gasteiger partial charge is 0.481 e. The molecule has 2 aromatic rings. The molecule has 1 heterocycles. The summed E-state index contributed by atoms with van der Waals surface area (Å²) in [4.78, 5) is 4.18. The van der Waals surface area contributed by atoms with Gasteiger partial charge < -0.3 is 10.1 Å². The Kier molecular flexibility index (Phi) is 4.93. The van der Waals surface area contributed by atoms with Crippen LogP contribution < -0.4 is 10.1 Å². The predicted octanol–water partition coefficient (Wildman–Crippen LogP) is 3.45. The van der Waals surface area contributed by atoms with E-state index in [0.717, 1.165) is 23.1 Å². The van der Waals surface area contributed by atoms with Gasteiger partial charge >= 0.3 is 0 Å². The molecule has 100 valence electrons. The van der Waals surface area contributed by atoms with Gasteiger partial charge in [0.1, 0.15) is 0 Å². The van der Waals surface area contributed by atoms with E-state index in [1.807, 2.05) is 12.1 Å². The molecule has 0 amide bonds. The molecular formula is C15H17BrN2O. The van der Waals surface area contributed by atoms with Crippen molar-refractivity contribution in [3.05, 3.63) is 57.7 Å². The second-order valence-corrected chi connectivity index (χ2v) is 5.22. The van der Waals surface area contributed by atoms with E-state index in [1.165, 1.54) is 11.1 Å². The molecule has 0 spiro atoms. The van der Waals surface area contributed by atoms with Crippen LogP contribution in [0.5, 0.6) is 5.88 Å². The lowest BCUT2D eigenvalue weighted by atomic mass is 10.1. The average molecular weight is 321 g/mol. The molecular weight excluding hydrogens is 304 g/mol. The molecule has 0 bridgehead atoms. The van der Waals surface area contributed by atoms with Gasteiger partial charge in [0, 0.05) is 29.3 Å². The topological polar surface area (TPSA) is 34.1 Å². The number of pyridine rings is 1. The number of rotatable bonds is 5. The smallest absolute Gasteiger partial charge is 0.217 e. The van der Waals surface area contributed by atoms with Crippen LogP contribution in [-0.4, -0.2) is 12.1 Å². The first-order chi connectivity index (χ1) is 9.20. The third kappa shape index (κ3) is 3.78. The van der Waals surface area contributed by atoms with Crippen LogP contribution in [0.2, 0.25) is 0 Å². The Morgan fingerprint density at radius 2 is 2.00 bits per heavy atom. The van der Waals surface area contributed by atoms with Crippen molar-refractivity contribution < 1.29 is 4.74 Å². The number of halogens is 1. The Morgan fingerprint density at radius 1 is 1.21 bits per heavy atom. The molecule has 0 atom stereocenters. The highest BCUT2D eigenvalue weighted by Gasteiger charge is 2.04. The summed E-state index contributed by atoms with van der Waals surface area (Å²) in [5.74, 6) is 0.679. The summed E-state index contributed by atoms with van der Waals surface area (Å²) in [6.07, 6.45) is 1.74. The van der Waals surface area contributed by atoms with E-state index >= 15 is 0 Å². The van der Waals surface area contributed by atoms with Gasteiger partial charge in [0.15, 0.2) is 0 Å². The van der Waals surface area contributed by atoms with Crippen LogP contribution in [0.15, 0.2) is 41.0 Å². The monoisotopic (exact) mass is 320 g/mol. The van der Waals surface area contributed by atoms with Crippen LogP contribution in [0.25, 0.3) is 0 Å². The summed E-state index contributed by atoms with van der Waals surface area (Å²) in [5.41, 5.74) is 3.56. The molecule has 0 fully saturated rings. The number of hydrogen-bond donors (Lipinski definition) is 1. The lowest BCUT2D eigenvalue weighted by Crippen LogP contribution is -2.14. The molecule has 0 saturated heterocycles. The van der Waals surface area contributed by atoms with Gasteiger partial charge in [-0.2, -0.15) is 0 Å². The Labute approximate surface area is 122 Å². The Morgan fingerprint density at radius 3 is 2.74 bits per heavy atom. The maximum Gasteiger partial charge on any atom is 0.217 e. The van der Waals surface area contributed by atoms with E-state index in [9.17, 15) is 0 Å². The molecule has 0 aliphatic heterocycles. The fourth-order valence-corrected chi connectivity index (χ4v) is 2.50. The van der Waals surface area contributed by atoms with Gasteiger partial charge in [-0.25, -0.2) is 4.98 Å². The maximum atomic E-state index is 5.23. The van der Waals surface area contributed by atoms with Crippen LogP contribution in [0, 0.1) is 6.92 Å². The zero-order valence-electron chi connectivity index (χ0n) is 11.1. The molecule has 2 rings (SSSR count). The van der Waals surface area contributed by atoms with E-state index in [2.05, 4.69) is 51.4 Å². The van der Waals surface area contributed by atoms with Gasteiger partial charge in [0.05, 0.1) is 7.11 Å². The summed E-state index contributed by atoms with van der Waals surface area (Å²) in [5, 5.41) is 3.40. The Balaban J connectivity index is 1.96. The number of ether oxygens (including phenoxy) is 1. The Hall–Kier alpha value is -1.39. The standard InChI is InChI=1S/C15H17BrN2O/c1-11-5-6-12(14(16)8-11)9-17-10-13-4-3-7-18-15(13)19-2/h3-8,17H,9-10H2,1-2H3. The molecule has 0 unspecified atom stereocenters. The fourth-order valence-electron chi connectivity index (χ4n) is 1.87. The minimum Gasteiger partial charge on any atom is -0.481 e. The van der Waals surface area contributed by atoms with Gasteiger partial charge in [-0.1, -0.05) is 34.1 Å². The Bertz CT molecular complexity index is 558. The van der Waals surface area contributed by atoms with Crippen LogP contribution in [0.1, 0.15) is 16.7 Å². The van der Waals surface area contributed by atoms with Gasteiger partial charge in [-0.05, 0) is 30.2 Å². The zero-order valence-corrected chi connectivity index (χ0v) is 12.7. The van der Waals surface area contributed by atoms with E-state index in [4.69, 9.17) is 4.74 Å². The summed E-state index contributed by atoms with van der Waals surface area (Å²) < 4.78 is 6.36. The molecule has 0 aliphatic carbocycles. The predicted molar refractivity (Wildman–Crippen MR) is 80.2 cm³/mol. The first-order valence-corrected chi connectivity index (χ1v) is 6.93. The summed E-state index contributed by atoms with van der Waals surface area (Å²) in [7, 11) is 1.64. The fraction of sp³-hybridized carbons (Fsp3) is 0.267. The van der Waals surface area contributed by atoms with Gasteiger partial charge in [-0.15, -0.1) is 0 Å². The first kappa shape index (κ1) is 14.0. The average Bonchev–Trinajstić information content (AvgIpc) is 2.42. The first-order valence-electron chi connectivity index (χ1n) is 6.14. The number of methoxy groups -OCH3 is 1. The number of aryl methyl sites for hydroxylation is 1. The highest BCUT2D eigenvalue weighted by Crippen LogP contribution is 2.19. The normalized spacial score (nSPS) is 10.5. The van der Waals surface area contributed by atoms with Gasteiger partial charge in [0.2, 0.25) is 5.88 Å². The third-order valence-corrected chi connectivity index (χ3v) is 3.62.